The molecule has 0 aromatic heterocycles. The van der Waals surface area contributed by atoms with Crippen LogP contribution in [0, 0.1) is 0 Å². The second-order valence-corrected chi connectivity index (χ2v) is 9.68. The van der Waals surface area contributed by atoms with Gasteiger partial charge in [-0.1, -0.05) is 35.9 Å². The number of nitrogens with zero attached hydrogens (tertiary/aromatic N) is 1. The number of ether oxygens (including phenoxy) is 3. The molecule has 0 saturated heterocycles. The fourth-order valence-electron chi connectivity index (χ4n) is 3.46. The van der Waals surface area contributed by atoms with Crippen LogP contribution in [0.3, 0.4) is 0 Å². The summed E-state index contributed by atoms with van der Waals surface area (Å²) in [5, 5.41) is 3.09. The molecule has 8 nitrogen and oxygen atoms in total. The van der Waals surface area contributed by atoms with E-state index < -0.39 is 22.0 Å². The number of methoxy groups -OCH3 is 1. The zero-order chi connectivity index (χ0) is 24.1. The highest BCUT2D eigenvalue weighted by molar-refractivity contribution is 7.92. The second-order valence-electron chi connectivity index (χ2n) is 7.39. The number of carbonyl (C=O) groups is 1. The zero-order valence-electron chi connectivity index (χ0n) is 18.3. The first-order chi connectivity index (χ1) is 16.4. The molecule has 0 saturated carbocycles. The van der Waals surface area contributed by atoms with E-state index in [0.717, 1.165) is 4.31 Å². The number of nitrogens with one attached hydrogen (secondary N) is 1. The van der Waals surface area contributed by atoms with Gasteiger partial charge in [-0.25, -0.2) is 8.42 Å². The van der Waals surface area contributed by atoms with Gasteiger partial charge < -0.3 is 19.5 Å². The Balaban J connectivity index is 1.46. The number of benzene rings is 3. The highest BCUT2D eigenvalue weighted by Crippen LogP contribution is 2.38. The van der Waals surface area contributed by atoms with Crippen molar-refractivity contribution in [3.05, 3.63) is 77.8 Å². The maximum absolute atomic E-state index is 13.4. The fourth-order valence-corrected chi connectivity index (χ4v) is 5.11. The van der Waals surface area contributed by atoms with Gasteiger partial charge in [0.25, 0.3) is 15.9 Å². The predicted molar refractivity (Wildman–Crippen MR) is 128 cm³/mol. The Bertz CT molecular complexity index is 1270. The minimum atomic E-state index is -3.95. The lowest BCUT2D eigenvalue weighted by atomic mass is 10.2. The number of halogens is 1. The molecule has 178 valence electrons. The Morgan fingerprint density at radius 2 is 1.85 bits per heavy atom. The molecule has 1 heterocycles. The van der Waals surface area contributed by atoms with Crippen LogP contribution in [0.5, 0.6) is 17.2 Å². The number of hydrogen-bond acceptors (Lipinski definition) is 6. The molecule has 0 unspecified atom stereocenters. The van der Waals surface area contributed by atoms with Crippen molar-refractivity contribution in [2.24, 2.45) is 0 Å². The molecule has 0 spiro atoms. The van der Waals surface area contributed by atoms with Gasteiger partial charge in [-0.05, 0) is 42.5 Å². The van der Waals surface area contributed by atoms with E-state index in [9.17, 15) is 13.2 Å². The maximum atomic E-state index is 13.4. The van der Waals surface area contributed by atoms with Gasteiger partial charge in [-0.15, -0.1) is 0 Å². The smallest absolute Gasteiger partial charge is 0.264 e. The molecule has 1 atom stereocenters. The number of rotatable bonds is 8. The Labute approximate surface area is 203 Å². The summed E-state index contributed by atoms with van der Waals surface area (Å²) >= 11 is 6.11. The molecule has 3 aromatic carbocycles. The molecule has 1 aliphatic heterocycles. The average Bonchev–Trinajstić information content (AvgIpc) is 2.86. The lowest BCUT2D eigenvalue weighted by Crippen LogP contribution is -2.51. The van der Waals surface area contributed by atoms with Crippen molar-refractivity contribution >= 4 is 33.2 Å². The SMILES string of the molecule is COc1cccc(OCCNC(=O)[C@@H]2CN(S(=O)(=O)c3ccccc3)c3cc(Cl)ccc3O2)c1. The molecule has 0 radical (unpaired) electrons. The van der Waals surface area contributed by atoms with Gasteiger partial charge in [0.15, 0.2) is 6.10 Å². The number of amides is 1. The normalized spacial score (nSPS) is 15.1. The number of fused-ring (bicyclic) bond motifs is 1. The van der Waals surface area contributed by atoms with Crippen molar-refractivity contribution in [3.8, 4) is 17.2 Å². The molecule has 1 N–H and O–H groups in total. The first-order valence-electron chi connectivity index (χ1n) is 10.5. The Kier molecular flexibility index (Phi) is 7.14. The van der Waals surface area contributed by atoms with E-state index in [4.69, 9.17) is 25.8 Å². The van der Waals surface area contributed by atoms with E-state index in [2.05, 4.69) is 5.32 Å². The Hall–Kier alpha value is -3.43. The van der Waals surface area contributed by atoms with Crippen LogP contribution in [0.25, 0.3) is 0 Å². The van der Waals surface area contributed by atoms with E-state index >= 15 is 0 Å². The van der Waals surface area contributed by atoms with Crippen LogP contribution < -0.4 is 23.8 Å². The lowest BCUT2D eigenvalue weighted by molar-refractivity contribution is -0.127. The van der Waals surface area contributed by atoms with Crippen molar-refractivity contribution in [2.45, 2.75) is 11.0 Å². The molecule has 0 fully saturated rings. The minimum absolute atomic E-state index is 0.105. The zero-order valence-corrected chi connectivity index (χ0v) is 19.9. The molecule has 4 rings (SSSR count). The van der Waals surface area contributed by atoms with Crippen molar-refractivity contribution in [1.82, 2.24) is 5.32 Å². The van der Waals surface area contributed by atoms with Gasteiger partial charge in [0, 0.05) is 11.1 Å². The number of anilines is 1. The van der Waals surface area contributed by atoms with Crippen molar-refractivity contribution in [2.75, 3.05) is 31.1 Å². The van der Waals surface area contributed by atoms with Crippen molar-refractivity contribution in [1.29, 1.82) is 0 Å². The third-order valence-electron chi connectivity index (χ3n) is 5.13. The molecular formula is C24H23ClN2O6S. The second kappa shape index (κ2) is 10.2. The monoisotopic (exact) mass is 502 g/mol. The maximum Gasteiger partial charge on any atom is 0.264 e. The molecular weight excluding hydrogens is 480 g/mol. The molecule has 34 heavy (non-hydrogen) atoms. The number of hydrogen-bond donors (Lipinski definition) is 1. The summed E-state index contributed by atoms with van der Waals surface area (Å²) in [6.07, 6.45) is -1.05. The summed E-state index contributed by atoms with van der Waals surface area (Å²) in [6.45, 7) is 0.214. The Morgan fingerprint density at radius 1 is 1.09 bits per heavy atom. The number of carbonyl (C=O) groups excluding carboxylic acids is 1. The van der Waals surface area contributed by atoms with Crippen LogP contribution in [0.2, 0.25) is 5.02 Å². The fraction of sp³-hybridized carbons (Fsp3) is 0.208. The van der Waals surface area contributed by atoms with E-state index in [1.54, 1.807) is 61.7 Å². The highest BCUT2D eigenvalue weighted by atomic mass is 35.5. The summed E-state index contributed by atoms with van der Waals surface area (Å²) in [4.78, 5) is 12.9. The summed E-state index contributed by atoms with van der Waals surface area (Å²) in [7, 11) is -2.38. The van der Waals surface area contributed by atoms with E-state index in [1.165, 1.54) is 18.2 Å². The molecule has 0 aliphatic carbocycles. The quantitative estimate of drug-likeness (QED) is 0.474. The summed E-state index contributed by atoms with van der Waals surface area (Å²) < 4.78 is 44.5. The van der Waals surface area contributed by atoms with Crippen LogP contribution in [-0.4, -0.2) is 47.2 Å². The number of sulfonamides is 1. The van der Waals surface area contributed by atoms with Crippen LogP contribution in [0.1, 0.15) is 0 Å². The third kappa shape index (κ3) is 5.21. The van der Waals surface area contributed by atoms with E-state index in [-0.39, 0.29) is 36.0 Å². The van der Waals surface area contributed by atoms with Crippen LogP contribution in [0.15, 0.2) is 77.7 Å². The largest absolute Gasteiger partial charge is 0.497 e. The van der Waals surface area contributed by atoms with E-state index in [0.29, 0.717) is 16.5 Å². The van der Waals surface area contributed by atoms with Crippen LogP contribution in [-0.2, 0) is 14.8 Å². The summed E-state index contributed by atoms with van der Waals surface area (Å²) in [5.74, 6) is 1.06. The summed E-state index contributed by atoms with van der Waals surface area (Å²) in [6, 6.07) is 19.8. The predicted octanol–water partition coefficient (Wildman–Crippen LogP) is 3.50. The first kappa shape index (κ1) is 23.7. The summed E-state index contributed by atoms with van der Waals surface area (Å²) in [5.41, 5.74) is 0.279. The standard InChI is InChI=1S/C24H23ClN2O6S/c1-31-18-6-5-7-19(15-18)32-13-12-26-24(28)23-16-27(21-14-17(25)10-11-22(21)33-23)34(29,30)20-8-3-2-4-9-20/h2-11,14-15,23H,12-13,16H2,1H3,(H,26,28)/t23-/m0/s1. The minimum Gasteiger partial charge on any atom is -0.497 e. The third-order valence-corrected chi connectivity index (χ3v) is 7.15. The Morgan fingerprint density at radius 3 is 2.62 bits per heavy atom. The average molecular weight is 503 g/mol. The van der Waals surface area contributed by atoms with Crippen molar-refractivity contribution < 1.29 is 27.4 Å². The molecule has 1 aliphatic rings. The first-order valence-corrected chi connectivity index (χ1v) is 12.3. The van der Waals surface area contributed by atoms with Gasteiger partial charge in [-0.2, -0.15) is 0 Å². The molecule has 10 heteroatoms. The lowest BCUT2D eigenvalue weighted by Gasteiger charge is -2.34. The van der Waals surface area contributed by atoms with Gasteiger partial charge in [0.2, 0.25) is 0 Å². The van der Waals surface area contributed by atoms with Gasteiger partial charge in [0.05, 0.1) is 30.8 Å². The van der Waals surface area contributed by atoms with Crippen LogP contribution in [0.4, 0.5) is 5.69 Å². The van der Waals surface area contributed by atoms with Crippen molar-refractivity contribution in [3.63, 3.8) is 0 Å². The van der Waals surface area contributed by atoms with Gasteiger partial charge in [0.1, 0.15) is 23.9 Å². The molecule has 1 amide bonds. The van der Waals surface area contributed by atoms with Gasteiger partial charge in [-0.3, -0.25) is 9.10 Å². The topological polar surface area (TPSA) is 94.2 Å². The molecule has 0 bridgehead atoms. The highest BCUT2D eigenvalue weighted by Gasteiger charge is 2.37. The van der Waals surface area contributed by atoms with Crippen LogP contribution >= 0.6 is 11.6 Å². The van der Waals surface area contributed by atoms with Gasteiger partial charge >= 0.3 is 0 Å². The molecule has 3 aromatic rings. The van der Waals surface area contributed by atoms with E-state index in [1.807, 2.05) is 0 Å².